The zero-order chi connectivity index (χ0) is 20.5. The standard InChI is InChI=1S/C20H22FN5O3/c1-12(21)3-4-17-13(2)16-9-14(27)11-25(16)18-5-7-26-19(24-18)15(10-23-26)20(28)22-6-8-29-17/h3-5,7,10,14,16,27H,2,6,8-9,11H2,1H3,(H,22,28)/b12-3+,17-4+/t14-,16-/m1/s1. The number of anilines is 1. The van der Waals surface area contributed by atoms with E-state index in [9.17, 15) is 14.3 Å². The van der Waals surface area contributed by atoms with Gasteiger partial charge in [-0.1, -0.05) is 6.58 Å². The number of hydrogen-bond donors (Lipinski definition) is 2. The highest BCUT2D eigenvalue weighted by molar-refractivity contribution is 5.99. The first-order chi connectivity index (χ1) is 13.9. The number of aliphatic hydroxyl groups excluding tert-OH is 1. The van der Waals surface area contributed by atoms with E-state index in [4.69, 9.17) is 4.74 Å². The molecule has 0 radical (unpaired) electrons. The van der Waals surface area contributed by atoms with Crippen molar-refractivity contribution in [1.82, 2.24) is 19.9 Å². The molecule has 1 saturated heterocycles. The number of carbonyl (C=O) groups is 1. The van der Waals surface area contributed by atoms with E-state index in [2.05, 4.69) is 22.0 Å². The maximum absolute atomic E-state index is 13.3. The van der Waals surface area contributed by atoms with Crippen LogP contribution in [0.15, 0.2) is 54.4 Å². The first-order valence-corrected chi connectivity index (χ1v) is 9.37. The van der Waals surface area contributed by atoms with Gasteiger partial charge in [-0.25, -0.2) is 13.9 Å². The van der Waals surface area contributed by atoms with E-state index in [1.165, 1.54) is 29.8 Å². The fraction of sp³-hybridized carbons (Fsp3) is 0.350. The van der Waals surface area contributed by atoms with Gasteiger partial charge in [-0.05, 0) is 31.6 Å². The molecule has 2 atom stereocenters. The zero-order valence-electron chi connectivity index (χ0n) is 16.0. The van der Waals surface area contributed by atoms with Crippen LogP contribution in [-0.2, 0) is 4.74 Å². The minimum Gasteiger partial charge on any atom is -0.491 e. The van der Waals surface area contributed by atoms with E-state index >= 15 is 0 Å². The molecule has 2 aromatic heterocycles. The van der Waals surface area contributed by atoms with Crippen LogP contribution in [0.25, 0.3) is 5.65 Å². The number of amides is 1. The minimum absolute atomic E-state index is 0.181. The first kappa shape index (κ1) is 19.1. The van der Waals surface area contributed by atoms with Gasteiger partial charge >= 0.3 is 0 Å². The summed E-state index contributed by atoms with van der Waals surface area (Å²) in [5.41, 5.74) is 1.39. The molecule has 0 spiro atoms. The lowest BCUT2D eigenvalue weighted by molar-refractivity contribution is 0.0941. The summed E-state index contributed by atoms with van der Waals surface area (Å²) in [4.78, 5) is 19.1. The van der Waals surface area contributed by atoms with Gasteiger partial charge in [0.25, 0.3) is 5.91 Å². The number of nitrogens with one attached hydrogen (secondary N) is 1. The number of aliphatic hydroxyl groups is 1. The van der Waals surface area contributed by atoms with Gasteiger partial charge in [0.1, 0.15) is 23.7 Å². The van der Waals surface area contributed by atoms with Crippen LogP contribution in [0.3, 0.4) is 0 Å². The maximum Gasteiger partial charge on any atom is 0.256 e. The highest BCUT2D eigenvalue weighted by atomic mass is 19.1. The predicted molar refractivity (Wildman–Crippen MR) is 105 cm³/mol. The molecule has 2 aliphatic rings. The molecule has 2 aliphatic heterocycles. The van der Waals surface area contributed by atoms with Crippen LogP contribution in [0.4, 0.5) is 10.2 Å². The molecule has 2 N–H and O–H groups in total. The average Bonchev–Trinajstić information content (AvgIpc) is 3.28. The highest BCUT2D eigenvalue weighted by Crippen LogP contribution is 2.32. The van der Waals surface area contributed by atoms with Gasteiger partial charge in [-0.15, -0.1) is 0 Å². The molecular weight excluding hydrogens is 377 g/mol. The molecule has 0 unspecified atom stereocenters. The second-order valence-corrected chi connectivity index (χ2v) is 7.08. The molecule has 2 bridgehead atoms. The summed E-state index contributed by atoms with van der Waals surface area (Å²) in [7, 11) is 0. The third kappa shape index (κ3) is 3.73. The van der Waals surface area contributed by atoms with Gasteiger partial charge in [-0.3, -0.25) is 4.79 Å². The molecule has 0 aliphatic carbocycles. The van der Waals surface area contributed by atoms with Crippen LogP contribution in [-0.4, -0.2) is 57.5 Å². The quantitative estimate of drug-likeness (QED) is 0.759. The minimum atomic E-state index is -0.574. The number of rotatable bonds is 1. The van der Waals surface area contributed by atoms with Crippen LogP contribution < -0.4 is 10.2 Å². The number of halogens is 1. The van der Waals surface area contributed by atoms with Crippen molar-refractivity contribution < 1.29 is 19.0 Å². The lowest BCUT2D eigenvalue weighted by Gasteiger charge is -2.28. The molecule has 0 saturated carbocycles. The summed E-state index contributed by atoms with van der Waals surface area (Å²) in [6.07, 6.45) is 5.88. The summed E-state index contributed by atoms with van der Waals surface area (Å²) in [5.74, 6) is 0.316. The van der Waals surface area contributed by atoms with Crippen LogP contribution >= 0.6 is 0 Å². The normalized spacial score (nSPS) is 24.7. The first-order valence-electron chi connectivity index (χ1n) is 9.37. The van der Waals surface area contributed by atoms with Crippen molar-refractivity contribution in [2.75, 3.05) is 24.6 Å². The van der Waals surface area contributed by atoms with Gasteiger partial charge in [0.2, 0.25) is 0 Å². The van der Waals surface area contributed by atoms with Crippen LogP contribution in [0.5, 0.6) is 0 Å². The molecule has 9 heteroatoms. The largest absolute Gasteiger partial charge is 0.491 e. The number of nitrogens with zero attached hydrogens (tertiary/aromatic N) is 4. The number of allylic oxidation sites excluding steroid dienone is 3. The summed E-state index contributed by atoms with van der Waals surface area (Å²) in [5, 5.41) is 17.3. The maximum atomic E-state index is 13.3. The fourth-order valence-corrected chi connectivity index (χ4v) is 3.60. The molecule has 1 amide bonds. The van der Waals surface area contributed by atoms with Gasteiger partial charge in [-0.2, -0.15) is 5.10 Å². The Labute approximate surface area is 167 Å². The molecule has 4 heterocycles. The molecule has 2 aromatic rings. The average molecular weight is 399 g/mol. The van der Waals surface area contributed by atoms with Gasteiger partial charge in [0.15, 0.2) is 5.65 Å². The van der Waals surface area contributed by atoms with Crippen molar-refractivity contribution in [1.29, 1.82) is 0 Å². The van der Waals surface area contributed by atoms with Crippen LogP contribution in [0, 0.1) is 0 Å². The summed E-state index contributed by atoms with van der Waals surface area (Å²) < 4.78 is 20.6. The lowest BCUT2D eigenvalue weighted by atomic mass is 10.0. The van der Waals surface area contributed by atoms with E-state index in [1.54, 1.807) is 12.3 Å². The predicted octanol–water partition coefficient (Wildman–Crippen LogP) is 1.74. The van der Waals surface area contributed by atoms with Crippen LogP contribution in [0.2, 0.25) is 0 Å². The second kappa shape index (κ2) is 7.67. The second-order valence-electron chi connectivity index (χ2n) is 7.08. The number of ether oxygens (including phenoxy) is 1. The Balaban J connectivity index is 1.80. The van der Waals surface area contributed by atoms with E-state index < -0.39 is 6.10 Å². The Morgan fingerprint density at radius 1 is 1.52 bits per heavy atom. The third-order valence-electron chi connectivity index (χ3n) is 5.00. The van der Waals surface area contributed by atoms with Crippen molar-refractivity contribution >= 4 is 17.4 Å². The van der Waals surface area contributed by atoms with Crippen molar-refractivity contribution in [3.63, 3.8) is 0 Å². The summed E-state index contributed by atoms with van der Waals surface area (Å²) in [6, 6.07) is 1.49. The van der Waals surface area contributed by atoms with Gasteiger partial charge in [0.05, 0.1) is 30.7 Å². The van der Waals surface area contributed by atoms with Crippen molar-refractivity contribution in [2.45, 2.75) is 25.5 Å². The van der Waals surface area contributed by atoms with E-state index in [1.807, 2.05) is 4.90 Å². The Kier molecular flexibility index (Phi) is 5.06. The highest BCUT2D eigenvalue weighted by Gasteiger charge is 2.35. The number of fused-ring (bicyclic) bond motifs is 3. The lowest BCUT2D eigenvalue weighted by Crippen LogP contribution is -2.32. The SMILES string of the molecule is C=C1/C(=C\C=C(/C)F)OCCNC(=O)c2cnn3ccc(nc23)N2C[C@H](O)C[C@H]12. The zero-order valence-corrected chi connectivity index (χ0v) is 16.0. The number of carbonyl (C=O) groups excluding carboxylic acids is 1. The summed E-state index contributed by atoms with van der Waals surface area (Å²) in [6.45, 7) is 6.28. The summed E-state index contributed by atoms with van der Waals surface area (Å²) >= 11 is 0. The van der Waals surface area contributed by atoms with E-state index in [0.717, 1.165) is 0 Å². The monoisotopic (exact) mass is 399 g/mol. The smallest absolute Gasteiger partial charge is 0.256 e. The Morgan fingerprint density at radius 3 is 3.14 bits per heavy atom. The Hall–Kier alpha value is -3.20. The van der Waals surface area contributed by atoms with Crippen molar-refractivity contribution in [2.24, 2.45) is 0 Å². The molecule has 1 fully saturated rings. The number of aromatic nitrogens is 3. The van der Waals surface area contributed by atoms with Crippen LogP contribution in [0.1, 0.15) is 23.7 Å². The van der Waals surface area contributed by atoms with Crippen molar-refractivity contribution in [3.8, 4) is 0 Å². The fourth-order valence-electron chi connectivity index (χ4n) is 3.60. The van der Waals surface area contributed by atoms with Gasteiger partial charge in [0, 0.05) is 18.3 Å². The van der Waals surface area contributed by atoms with E-state index in [-0.39, 0.29) is 30.9 Å². The molecule has 8 nitrogen and oxygen atoms in total. The van der Waals surface area contributed by atoms with Gasteiger partial charge < -0.3 is 20.1 Å². The third-order valence-corrected chi connectivity index (χ3v) is 5.00. The molecule has 4 rings (SSSR count). The molecule has 0 aromatic carbocycles. The van der Waals surface area contributed by atoms with Crippen molar-refractivity contribution in [3.05, 3.63) is 59.9 Å². The molecule has 152 valence electrons. The Bertz CT molecular complexity index is 1020. The molecule has 29 heavy (non-hydrogen) atoms. The number of hydrogen-bond acceptors (Lipinski definition) is 6. The Morgan fingerprint density at radius 2 is 2.34 bits per heavy atom. The molecular formula is C20H22FN5O3. The topological polar surface area (TPSA) is 92.0 Å². The van der Waals surface area contributed by atoms with E-state index in [0.29, 0.717) is 41.3 Å².